The van der Waals surface area contributed by atoms with Crippen LogP contribution in [-0.4, -0.2) is 65.1 Å². The number of hydrogen-bond donors (Lipinski definition) is 3. The number of nitrogens with zero attached hydrogens (tertiary/aromatic N) is 1. The predicted molar refractivity (Wildman–Crippen MR) is 76.9 cm³/mol. The molecule has 2 aliphatic rings. The van der Waals surface area contributed by atoms with Gasteiger partial charge in [0, 0.05) is 18.6 Å². The Labute approximate surface area is 123 Å². The van der Waals surface area contributed by atoms with Crippen molar-refractivity contribution in [2.24, 2.45) is 0 Å². The van der Waals surface area contributed by atoms with Gasteiger partial charge in [0.15, 0.2) is 5.72 Å². The molecule has 118 valence electrons. The molecule has 9 heteroatoms. The molecule has 0 aliphatic carbocycles. The van der Waals surface area contributed by atoms with Crippen molar-refractivity contribution >= 4 is 19.8 Å². The van der Waals surface area contributed by atoms with Crippen LogP contribution in [0.5, 0.6) is 0 Å². The highest BCUT2D eigenvalue weighted by molar-refractivity contribution is 7.82. The van der Waals surface area contributed by atoms with E-state index in [0.717, 1.165) is 25.9 Å². The monoisotopic (exact) mass is 324 g/mol. The molecule has 2 heterocycles. The Hall–Kier alpha value is 0.127. The molecule has 0 aromatic rings. The topological polar surface area (TPSA) is 91.3 Å². The SMILES string of the molecule is CC(C)[Si]1(O)OCC(CO)(NCS(=O)N2CCCC2)O1. The molecule has 2 saturated heterocycles. The van der Waals surface area contributed by atoms with Gasteiger partial charge in [-0.3, -0.25) is 5.32 Å². The van der Waals surface area contributed by atoms with Crippen molar-refractivity contribution in [3.63, 3.8) is 0 Å². The molecular formula is C11H24N2O5SSi. The summed E-state index contributed by atoms with van der Waals surface area (Å²) in [5, 5.41) is 12.5. The van der Waals surface area contributed by atoms with Gasteiger partial charge in [0.1, 0.15) is 11.0 Å². The van der Waals surface area contributed by atoms with Crippen LogP contribution in [0.3, 0.4) is 0 Å². The molecular weight excluding hydrogens is 300 g/mol. The Morgan fingerprint density at radius 1 is 1.45 bits per heavy atom. The van der Waals surface area contributed by atoms with Crippen LogP contribution >= 0.6 is 0 Å². The highest BCUT2D eigenvalue weighted by Crippen LogP contribution is 2.32. The second-order valence-corrected chi connectivity index (χ2v) is 9.96. The molecule has 3 N–H and O–H groups in total. The van der Waals surface area contributed by atoms with Crippen LogP contribution in [0.1, 0.15) is 26.7 Å². The standard InChI is InChI=1S/C11H24N2O5SSi/c1-10(2)20(16)17-8-11(7-14,18-20)12-9-19(15)13-5-3-4-6-13/h10,12,14,16H,3-9H2,1-2H3. The summed E-state index contributed by atoms with van der Waals surface area (Å²) in [5.41, 5.74) is -1.28. The summed E-state index contributed by atoms with van der Waals surface area (Å²) in [7, 11) is -4.40. The Kier molecular flexibility index (Phi) is 5.35. The number of nitrogens with one attached hydrogen (secondary N) is 1. The van der Waals surface area contributed by atoms with E-state index in [2.05, 4.69) is 5.32 Å². The van der Waals surface area contributed by atoms with Gasteiger partial charge in [-0.1, -0.05) is 13.8 Å². The number of aliphatic hydroxyl groups is 1. The minimum Gasteiger partial charge on any atom is -0.392 e. The van der Waals surface area contributed by atoms with Crippen LogP contribution < -0.4 is 5.32 Å². The van der Waals surface area contributed by atoms with Gasteiger partial charge in [-0.15, -0.1) is 0 Å². The Bertz CT molecular complexity index is 369. The van der Waals surface area contributed by atoms with Gasteiger partial charge in [0.05, 0.1) is 19.1 Å². The largest absolute Gasteiger partial charge is 0.502 e. The maximum atomic E-state index is 12.1. The predicted octanol–water partition coefficient (Wildman–Crippen LogP) is -0.630. The molecule has 0 radical (unpaired) electrons. The van der Waals surface area contributed by atoms with Crippen LogP contribution in [0.2, 0.25) is 5.54 Å². The van der Waals surface area contributed by atoms with Gasteiger partial charge in [-0.25, -0.2) is 8.51 Å². The lowest BCUT2D eigenvalue weighted by Crippen LogP contribution is -2.55. The molecule has 0 amide bonds. The summed E-state index contributed by atoms with van der Waals surface area (Å²) in [6, 6.07) is 0. The van der Waals surface area contributed by atoms with Crippen molar-refractivity contribution in [1.82, 2.24) is 9.62 Å². The Morgan fingerprint density at radius 3 is 2.60 bits per heavy atom. The van der Waals surface area contributed by atoms with Gasteiger partial charge < -0.3 is 18.8 Å². The minimum absolute atomic E-state index is 0.0710. The summed E-state index contributed by atoms with van der Waals surface area (Å²) >= 11 is 0. The lowest BCUT2D eigenvalue weighted by molar-refractivity contribution is -0.0112. The molecule has 20 heavy (non-hydrogen) atoms. The fourth-order valence-corrected chi connectivity index (χ4v) is 5.30. The highest BCUT2D eigenvalue weighted by atomic mass is 32.2. The van der Waals surface area contributed by atoms with Crippen LogP contribution in [0.4, 0.5) is 0 Å². The quantitative estimate of drug-likeness (QED) is 0.564. The second kappa shape index (κ2) is 6.49. The van der Waals surface area contributed by atoms with Crippen molar-refractivity contribution in [3.05, 3.63) is 0 Å². The fourth-order valence-electron chi connectivity index (χ4n) is 2.24. The van der Waals surface area contributed by atoms with E-state index in [1.54, 1.807) is 0 Å². The van der Waals surface area contributed by atoms with E-state index < -0.39 is 25.5 Å². The molecule has 2 rings (SSSR count). The first-order valence-corrected chi connectivity index (χ1v) is 10.1. The van der Waals surface area contributed by atoms with E-state index >= 15 is 0 Å². The van der Waals surface area contributed by atoms with Gasteiger partial charge in [0.25, 0.3) is 0 Å². The van der Waals surface area contributed by atoms with Crippen LogP contribution in [0, 0.1) is 0 Å². The lowest BCUT2D eigenvalue weighted by Gasteiger charge is -2.29. The zero-order chi connectivity index (χ0) is 14.8. The van der Waals surface area contributed by atoms with E-state index in [1.165, 1.54) is 0 Å². The first-order valence-electron chi connectivity index (χ1n) is 6.97. The summed E-state index contributed by atoms with van der Waals surface area (Å²) in [4.78, 5) is 10.3. The van der Waals surface area contributed by atoms with E-state index in [-0.39, 0.29) is 24.6 Å². The highest BCUT2D eigenvalue weighted by Gasteiger charge is 2.55. The van der Waals surface area contributed by atoms with E-state index in [9.17, 15) is 14.1 Å². The average Bonchev–Trinajstić information content (AvgIpc) is 3.05. The van der Waals surface area contributed by atoms with Crippen molar-refractivity contribution in [3.8, 4) is 0 Å². The van der Waals surface area contributed by atoms with Crippen molar-refractivity contribution in [2.75, 3.05) is 32.2 Å². The van der Waals surface area contributed by atoms with E-state index in [4.69, 9.17) is 8.85 Å². The van der Waals surface area contributed by atoms with Crippen molar-refractivity contribution in [2.45, 2.75) is 38.0 Å². The molecule has 0 saturated carbocycles. The fraction of sp³-hybridized carbons (Fsp3) is 1.00. The molecule has 0 bridgehead atoms. The second-order valence-electron chi connectivity index (χ2n) is 5.61. The third kappa shape index (κ3) is 3.47. The zero-order valence-electron chi connectivity index (χ0n) is 12.0. The summed E-state index contributed by atoms with van der Waals surface area (Å²) in [6.07, 6.45) is 2.13. The third-order valence-electron chi connectivity index (χ3n) is 3.71. The normalized spacial score (nSPS) is 36.9. The number of aliphatic hydroxyl groups excluding tert-OH is 1. The molecule has 0 aromatic heterocycles. The molecule has 0 aromatic carbocycles. The van der Waals surface area contributed by atoms with Crippen LogP contribution in [-0.2, 0) is 19.8 Å². The van der Waals surface area contributed by atoms with Gasteiger partial charge in [-0.2, -0.15) is 0 Å². The minimum atomic E-state index is -3.26. The van der Waals surface area contributed by atoms with Crippen molar-refractivity contribution in [1.29, 1.82) is 0 Å². The first kappa shape index (κ1) is 16.5. The van der Waals surface area contributed by atoms with Gasteiger partial charge in [0.2, 0.25) is 0 Å². The van der Waals surface area contributed by atoms with Gasteiger partial charge >= 0.3 is 8.80 Å². The lowest BCUT2D eigenvalue weighted by atomic mass is 10.3. The molecule has 2 aliphatic heterocycles. The molecule has 2 fully saturated rings. The molecule has 3 atom stereocenters. The third-order valence-corrected chi connectivity index (χ3v) is 7.74. The molecule has 3 unspecified atom stereocenters. The van der Waals surface area contributed by atoms with Crippen LogP contribution in [0.15, 0.2) is 0 Å². The van der Waals surface area contributed by atoms with Crippen LogP contribution in [0.25, 0.3) is 0 Å². The zero-order valence-corrected chi connectivity index (χ0v) is 13.8. The number of hydrogen-bond acceptors (Lipinski definition) is 6. The summed E-state index contributed by atoms with van der Waals surface area (Å²) < 4.78 is 25.0. The summed E-state index contributed by atoms with van der Waals surface area (Å²) in [5.74, 6) is 0.187. The Balaban J connectivity index is 1.91. The van der Waals surface area contributed by atoms with E-state index in [0.29, 0.717) is 0 Å². The first-order chi connectivity index (χ1) is 9.41. The molecule has 0 spiro atoms. The maximum Gasteiger partial charge on any atom is 0.502 e. The Morgan fingerprint density at radius 2 is 2.10 bits per heavy atom. The van der Waals surface area contributed by atoms with E-state index in [1.807, 2.05) is 18.2 Å². The average molecular weight is 324 g/mol. The maximum absolute atomic E-state index is 12.1. The van der Waals surface area contributed by atoms with Crippen molar-refractivity contribution < 1.29 is 23.0 Å². The smallest absolute Gasteiger partial charge is 0.392 e. The molecule has 7 nitrogen and oxygen atoms in total. The summed E-state index contributed by atoms with van der Waals surface area (Å²) in [6.45, 7) is 5.06. The number of rotatable bonds is 6. The van der Waals surface area contributed by atoms with Gasteiger partial charge in [-0.05, 0) is 12.8 Å².